The molecule has 0 fully saturated rings. The van der Waals surface area contributed by atoms with Gasteiger partial charge in [-0.2, -0.15) is 5.10 Å². The summed E-state index contributed by atoms with van der Waals surface area (Å²) in [6.07, 6.45) is 4.77. The van der Waals surface area contributed by atoms with E-state index in [1.807, 2.05) is 23.0 Å². The van der Waals surface area contributed by atoms with Crippen molar-refractivity contribution in [3.8, 4) is 0 Å². The summed E-state index contributed by atoms with van der Waals surface area (Å²) in [7, 11) is 0. The van der Waals surface area contributed by atoms with E-state index in [2.05, 4.69) is 23.1 Å². The zero-order valence-corrected chi connectivity index (χ0v) is 12.1. The van der Waals surface area contributed by atoms with Crippen LogP contribution in [0.2, 0.25) is 0 Å². The van der Waals surface area contributed by atoms with Crippen LogP contribution < -0.4 is 0 Å². The molecule has 0 saturated carbocycles. The van der Waals surface area contributed by atoms with Gasteiger partial charge in [0.25, 0.3) is 0 Å². The molecule has 0 unspecified atom stereocenters. The number of hydrogen-bond donors (Lipinski definition) is 1. The zero-order chi connectivity index (χ0) is 14.8. The lowest BCUT2D eigenvalue weighted by Gasteiger charge is -2.29. The molecule has 1 N–H and O–H groups in total. The summed E-state index contributed by atoms with van der Waals surface area (Å²) in [5, 5.41) is 13.5. The van der Waals surface area contributed by atoms with Gasteiger partial charge >= 0.3 is 5.97 Å². The summed E-state index contributed by atoms with van der Waals surface area (Å²) in [5.74, 6) is -0.829. The summed E-state index contributed by atoms with van der Waals surface area (Å²) in [5.41, 5.74) is 3.77. The molecule has 21 heavy (non-hydrogen) atoms. The van der Waals surface area contributed by atoms with Gasteiger partial charge in [0.15, 0.2) is 0 Å². The van der Waals surface area contributed by atoms with Crippen molar-refractivity contribution < 1.29 is 9.90 Å². The molecule has 0 atom stereocenters. The number of fused-ring (bicyclic) bond motifs is 1. The van der Waals surface area contributed by atoms with E-state index in [0.29, 0.717) is 5.56 Å². The first-order chi connectivity index (χ1) is 10.2. The highest BCUT2D eigenvalue weighted by Gasteiger charge is 2.21. The second kappa shape index (κ2) is 5.69. The number of aromatic nitrogens is 2. The third kappa shape index (κ3) is 2.83. The molecule has 2 heterocycles. The predicted molar refractivity (Wildman–Crippen MR) is 79.1 cm³/mol. The van der Waals surface area contributed by atoms with Crippen molar-refractivity contribution in [1.82, 2.24) is 14.7 Å². The van der Waals surface area contributed by atoms with Gasteiger partial charge in [-0.15, -0.1) is 0 Å². The van der Waals surface area contributed by atoms with Gasteiger partial charge in [-0.25, -0.2) is 4.79 Å². The van der Waals surface area contributed by atoms with Crippen molar-refractivity contribution in [2.24, 2.45) is 0 Å². The molecule has 0 spiro atoms. The first-order valence-corrected chi connectivity index (χ1v) is 7.25. The minimum absolute atomic E-state index is 0.450. The summed E-state index contributed by atoms with van der Waals surface area (Å²) < 4.78 is 1.93. The summed E-state index contributed by atoms with van der Waals surface area (Å²) in [4.78, 5) is 13.6. The SMILES string of the molecule is CCn1cc(CN2CCc3c(cccc3C(=O)O)C2)cn1. The normalized spacial score (nSPS) is 14.9. The van der Waals surface area contributed by atoms with Gasteiger partial charge in [0.2, 0.25) is 0 Å². The number of aryl methyl sites for hydroxylation is 1. The smallest absolute Gasteiger partial charge is 0.335 e. The topological polar surface area (TPSA) is 58.4 Å². The Kier molecular flexibility index (Phi) is 3.75. The van der Waals surface area contributed by atoms with Gasteiger partial charge in [-0.3, -0.25) is 9.58 Å². The largest absolute Gasteiger partial charge is 0.478 e. The van der Waals surface area contributed by atoms with Crippen LogP contribution in [0.3, 0.4) is 0 Å². The molecule has 3 rings (SSSR count). The second-order valence-electron chi connectivity index (χ2n) is 5.41. The van der Waals surface area contributed by atoms with Crippen LogP contribution in [0.4, 0.5) is 0 Å². The van der Waals surface area contributed by atoms with E-state index < -0.39 is 5.97 Å². The van der Waals surface area contributed by atoms with Crippen LogP contribution in [-0.2, 0) is 26.1 Å². The Morgan fingerprint density at radius 2 is 2.29 bits per heavy atom. The molecule has 0 amide bonds. The van der Waals surface area contributed by atoms with Crippen molar-refractivity contribution in [2.45, 2.75) is 33.0 Å². The molecule has 5 nitrogen and oxygen atoms in total. The number of carbonyl (C=O) groups is 1. The van der Waals surface area contributed by atoms with Crippen molar-refractivity contribution in [2.75, 3.05) is 6.54 Å². The number of hydrogen-bond acceptors (Lipinski definition) is 3. The van der Waals surface area contributed by atoms with E-state index in [4.69, 9.17) is 0 Å². The Morgan fingerprint density at radius 3 is 3.00 bits per heavy atom. The van der Waals surface area contributed by atoms with Gasteiger partial charge in [0.1, 0.15) is 0 Å². The van der Waals surface area contributed by atoms with Crippen LogP contribution >= 0.6 is 0 Å². The summed E-state index contributed by atoms with van der Waals surface area (Å²) in [6.45, 7) is 5.49. The Hall–Kier alpha value is -2.14. The average Bonchev–Trinajstić information content (AvgIpc) is 2.94. The second-order valence-corrected chi connectivity index (χ2v) is 5.41. The maximum Gasteiger partial charge on any atom is 0.335 e. The molecule has 1 aliphatic rings. The lowest BCUT2D eigenvalue weighted by atomic mass is 9.94. The molecule has 0 saturated heterocycles. The molecule has 0 bridgehead atoms. The van der Waals surface area contributed by atoms with E-state index >= 15 is 0 Å². The molecule has 1 aromatic carbocycles. The molecule has 5 heteroatoms. The van der Waals surface area contributed by atoms with Crippen LogP contribution in [0, 0.1) is 0 Å². The highest BCUT2D eigenvalue weighted by molar-refractivity contribution is 5.89. The van der Waals surface area contributed by atoms with Gasteiger partial charge in [0.05, 0.1) is 11.8 Å². The third-order valence-corrected chi connectivity index (χ3v) is 3.99. The first kappa shape index (κ1) is 13.8. The highest BCUT2D eigenvalue weighted by atomic mass is 16.4. The zero-order valence-electron chi connectivity index (χ0n) is 12.1. The van der Waals surface area contributed by atoms with Gasteiger partial charge in [-0.05, 0) is 30.5 Å². The fourth-order valence-electron chi connectivity index (χ4n) is 2.92. The monoisotopic (exact) mass is 285 g/mol. The van der Waals surface area contributed by atoms with Crippen molar-refractivity contribution in [3.05, 3.63) is 52.8 Å². The van der Waals surface area contributed by atoms with Crippen LogP contribution in [0.15, 0.2) is 30.6 Å². The molecular formula is C16H19N3O2. The number of nitrogens with zero attached hydrogens (tertiary/aromatic N) is 3. The fraction of sp³-hybridized carbons (Fsp3) is 0.375. The van der Waals surface area contributed by atoms with E-state index in [9.17, 15) is 9.90 Å². The molecule has 1 aromatic heterocycles. The van der Waals surface area contributed by atoms with Crippen LogP contribution in [0.25, 0.3) is 0 Å². The van der Waals surface area contributed by atoms with Crippen LogP contribution in [0.1, 0.15) is 34.0 Å². The van der Waals surface area contributed by atoms with Gasteiger partial charge < -0.3 is 5.11 Å². The number of carboxylic acid groups (broad SMARTS) is 1. The third-order valence-electron chi connectivity index (χ3n) is 3.99. The lowest BCUT2D eigenvalue weighted by Crippen LogP contribution is -2.31. The Labute approximate surface area is 123 Å². The molecular weight excluding hydrogens is 266 g/mol. The van der Waals surface area contributed by atoms with Crippen molar-refractivity contribution in [3.63, 3.8) is 0 Å². The van der Waals surface area contributed by atoms with Gasteiger partial charge in [-0.1, -0.05) is 12.1 Å². The lowest BCUT2D eigenvalue weighted by molar-refractivity contribution is 0.0694. The number of benzene rings is 1. The molecule has 110 valence electrons. The number of carboxylic acids is 1. The standard InChI is InChI=1S/C16H19N3O2/c1-2-19-10-12(8-17-19)9-18-7-6-14-13(11-18)4-3-5-15(14)16(20)21/h3-5,8,10H,2,6-7,9,11H2,1H3,(H,20,21). The minimum Gasteiger partial charge on any atom is -0.478 e. The highest BCUT2D eigenvalue weighted by Crippen LogP contribution is 2.23. The first-order valence-electron chi connectivity index (χ1n) is 7.25. The molecule has 1 aliphatic heterocycles. The molecule has 0 radical (unpaired) electrons. The van der Waals surface area contributed by atoms with E-state index in [-0.39, 0.29) is 0 Å². The maximum absolute atomic E-state index is 11.3. The Morgan fingerprint density at radius 1 is 1.43 bits per heavy atom. The quantitative estimate of drug-likeness (QED) is 0.935. The predicted octanol–water partition coefficient (Wildman–Crippen LogP) is 2.16. The Bertz CT molecular complexity index is 663. The summed E-state index contributed by atoms with van der Waals surface area (Å²) >= 11 is 0. The maximum atomic E-state index is 11.3. The van der Waals surface area contributed by atoms with Crippen LogP contribution in [-0.4, -0.2) is 32.3 Å². The minimum atomic E-state index is -0.829. The molecule has 2 aromatic rings. The van der Waals surface area contributed by atoms with Crippen molar-refractivity contribution in [1.29, 1.82) is 0 Å². The fourth-order valence-corrected chi connectivity index (χ4v) is 2.92. The number of rotatable bonds is 4. The summed E-state index contributed by atoms with van der Waals surface area (Å²) in [6, 6.07) is 5.56. The van der Waals surface area contributed by atoms with Gasteiger partial charge in [0, 0.05) is 37.9 Å². The van der Waals surface area contributed by atoms with E-state index in [0.717, 1.165) is 43.7 Å². The average molecular weight is 285 g/mol. The Balaban J connectivity index is 1.75. The molecule has 0 aliphatic carbocycles. The number of aromatic carboxylic acids is 1. The van der Waals surface area contributed by atoms with E-state index in [1.54, 1.807) is 6.07 Å². The van der Waals surface area contributed by atoms with Crippen LogP contribution in [0.5, 0.6) is 0 Å². The van der Waals surface area contributed by atoms with Crippen molar-refractivity contribution >= 4 is 5.97 Å². The van der Waals surface area contributed by atoms with E-state index in [1.165, 1.54) is 5.56 Å².